The number of benzene rings is 1. The molecule has 1 saturated heterocycles. The van der Waals surface area contributed by atoms with E-state index in [-0.39, 0.29) is 0 Å². The highest BCUT2D eigenvalue weighted by molar-refractivity contribution is 5.80. The highest BCUT2D eigenvalue weighted by Gasteiger charge is 2.20. The van der Waals surface area contributed by atoms with Crippen LogP contribution in [0.15, 0.2) is 52.2 Å². The average molecular weight is 386 g/mol. The quantitative estimate of drug-likeness (QED) is 0.555. The third-order valence-corrected chi connectivity index (χ3v) is 4.88. The molecule has 0 saturated carbocycles. The van der Waals surface area contributed by atoms with Crippen molar-refractivity contribution in [3.8, 4) is 0 Å². The summed E-state index contributed by atoms with van der Waals surface area (Å²) >= 11 is 0. The van der Waals surface area contributed by atoms with Crippen LogP contribution in [-0.4, -0.2) is 67.3 Å². The SMILES string of the molecule is CN=C(NCC(C)COCc1ccccc1)N1CCN(Cc2ccon2)CC1. The molecule has 1 aliphatic heterocycles. The van der Waals surface area contributed by atoms with Crippen LogP contribution in [0.25, 0.3) is 0 Å². The van der Waals surface area contributed by atoms with Gasteiger partial charge >= 0.3 is 0 Å². The molecule has 1 unspecified atom stereocenters. The molecule has 1 aromatic heterocycles. The van der Waals surface area contributed by atoms with Crippen molar-refractivity contribution in [3.63, 3.8) is 0 Å². The monoisotopic (exact) mass is 385 g/mol. The summed E-state index contributed by atoms with van der Waals surface area (Å²) in [4.78, 5) is 9.16. The van der Waals surface area contributed by atoms with Crippen molar-refractivity contribution in [2.75, 3.05) is 46.4 Å². The lowest BCUT2D eigenvalue weighted by molar-refractivity contribution is 0.0926. The number of guanidine groups is 1. The number of rotatable bonds is 8. The van der Waals surface area contributed by atoms with E-state index in [1.807, 2.05) is 31.3 Å². The van der Waals surface area contributed by atoms with Crippen molar-refractivity contribution in [3.05, 3.63) is 53.9 Å². The maximum Gasteiger partial charge on any atom is 0.193 e. The van der Waals surface area contributed by atoms with Crippen molar-refractivity contribution in [1.82, 2.24) is 20.3 Å². The van der Waals surface area contributed by atoms with Crippen LogP contribution in [0.5, 0.6) is 0 Å². The van der Waals surface area contributed by atoms with Gasteiger partial charge in [-0.25, -0.2) is 0 Å². The number of nitrogens with one attached hydrogen (secondary N) is 1. The molecule has 7 heteroatoms. The molecule has 7 nitrogen and oxygen atoms in total. The van der Waals surface area contributed by atoms with Crippen molar-refractivity contribution in [2.45, 2.75) is 20.1 Å². The molecule has 1 N–H and O–H groups in total. The number of piperazine rings is 1. The predicted molar refractivity (Wildman–Crippen MR) is 110 cm³/mol. The number of ether oxygens (including phenoxy) is 1. The summed E-state index contributed by atoms with van der Waals surface area (Å²) in [6.45, 7) is 9.16. The van der Waals surface area contributed by atoms with Crippen molar-refractivity contribution < 1.29 is 9.26 Å². The van der Waals surface area contributed by atoms with Crippen LogP contribution in [0.2, 0.25) is 0 Å². The first-order valence-electron chi connectivity index (χ1n) is 9.93. The van der Waals surface area contributed by atoms with Gasteiger partial charge in [-0.1, -0.05) is 42.4 Å². The first-order chi connectivity index (χ1) is 13.7. The number of hydrogen-bond acceptors (Lipinski definition) is 5. The Balaban J connectivity index is 1.34. The van der Waals surface area contributed by atoms with Crippen LogP contribution >= 0.6 is 0 Å². The van der Waals surface area contributed by atoms with Crippen LogP contribution in [-0.2, 0) is 17.9 Å². The molecule has 152 valence electrons. The Morgan fingerprint density at radius 3 is 2.68 bits per heavy atom. The molecule has 2 heterocycles. The molecule has 3 rings (SSSR count). The van der Waals surface area contributed by atoms with Gasteiger partial charge in [-0.05, 0) is 11.5 Å². The van der Waals surface area contributed by atoms with Crippen molar-refractivity contribution >= 4 is 5.96 Å². The summed E-state index contributed by atoms with van der Waals surface area (Å²) < 4.78 is 10.8. The minimum Gasteiger partial charge on any atom is -0.376 e. The minimum atomic E-state index is 0.411. The fourth-order valence-corrected chi connectivity index (χ4v) is 3.27. The topological polar surface area (TPSA) is 66.1 Å². The zero-order valence-corrected chi connectivity index (χ0v) is 16.9. The molecule has 1 aromatic carbocycles. The number of hydrogen-bond donors (Lipinski definition) is 1. The fourth-order valence-electron chi connectivity index (χ4n) is 3.27. The zero-order valence-electron chi connectivity index (χ0n) is 16.9. The highest BCUT2D eigenvalue weighted by atomic mass is 16.5. The molecule has 0 spiro atoms. The van der Waals surface area contributed by atoms with Crippen LogP contribution in [0.4, 0.5) is 0 Å². The number of aliphatic imine (C=N–C) groups is 1. The van der Waals surface area contributed by atoms with E-state index in [4.69, 9.17) is 9.26 Å². The molecule has 0 bridgehead atoms. The molecule has 1 atom stereocenters. The third-order valence-electron chi connectivity index (χ3n) is 4.88. The summed E-state index contributed by atoms with van der Waals surface area (Å²) in [5.41, 5.74) is 2.20. The van der Waals surface area contributed by atoms with E-state index >= 15 is 0 Å². The van der Waals surface area contributed by atoms with E-state index in [0.29, 0.717) is 12.5 Å². The first kappa shape index (κ1) is 20.4. The highest BCUT2D eigenvalue weighted by Crippen LogP contribution is 2.08. The van der Waals surface area contributed by atoms with Crippen LogP contribution in [0.3, 0.4) is 0 Å². The second-order valence-corrected chi connectivity index (χ2v) is 7.29. The summed E-state index contributed by atoms with van der Waals surface area (Å²) in [7, 11) is 1.85. The van der Waals surface area contributed by atoms with E-state index in [1.54, 1.807) is 6.26 Å². The maximum absolute atomic E-state index is 5.84. The van der Waals surface area contributed by atoms with Crippen molar-refractivity contribution in [1.29, 1.82) is 0 Å². The lowest BCUT2D eigenvalue weighted by Gasteiger charge is -2.36. The number of nitrogens with zero attached hydrogens (tertiary/aromatic N) is 4. The molecular weight excluding hydrogens is 354 g/mol. The van der Waals surface area contributed by atoms with Gasteiger partial charge in [0.1, 0.15) is 6.26 Å². The predicted octanol–water partition coefficient (Wildman–Crippen LogP) is 2.22. The van der Waals surface area contributed by atoms with Gasteiger partial charge < -0.3 is 19.5 Å². The minimum absolute atomic E-state index is 0.411. The Morgan fingerprint density at radius 1 is 1.21 bits per heavy atom. The van der Waals surface area contributed by atoms with Gasteiger partial charge in [0.2, 0.25) is 0 Å². The van der Waals surface area contributed by atoms with E-state index in [2.05, 4.69) is 44.3 Å². The van der Waals surface area contributed by atoms with Gasteiger partial charge in [-0.3, -0.25) is 9.89 Å². The molecular formula is C21H31N5O2. The summed E-state index contributed by atoms with van der Waals surface area (Å²) in [5.74, 6) is 1.38. The second-order valence-electron chi connectivity index (χ2n) is 7.29. The smallest absolute Gasteiger partial charge is 0.193 e. The molecule has 0 aliphatic carbocycles. The van der Waals surface area contributed by atoms with Gasteiger partial charge in [0.05, 0.1) is 18.9 Å². The van der Waals surface area contributed by atoms with Gasteiger partial charge in [-0.2, -0.15) is 0 Å². The fraction of sp³-hybridized carbons (Fsp3) is 0.524. The van der Waals surface area contributed by atoms with Gasteiger partial charge in [0.25, 0.3) is 0 Å². The van der Waals surface area contributed by atoms with E-state index in [0.717, 1.165) is 57.5 Å². The van der Waals surface area contributed by atoms with E-state index in [9.17, 15) is 0 Å². The van der Waals surface area contributed by atoms with Gasteiger partial charge in [0.15, 0.2) is 5.96 Å². The average Bonchev–Trinajstić information content (AvgIpc) is 3.23. The Kier molecular flexibility index (Phi) is 7.87. The van der Waals surface area contributed by atoms with Crippen LogP contribution in [0, 0.1) is 5.92 Å². The second kappa shape index (κ2) is 10.8. The normalized spacial score (nSPS) is 16.9. The van der Waals surface area contributed by atoms with E-state index < -0.39 is 0 Å². The van der Waals surface area contributed by atoms with Crippen LogP contribution in [0.1, 0.15) is 18.2 Å². The lowest BCUT2D eigenvalue weighted by Crippen LogP contribution is -2.52. The Hall–Kier alpha value is -2.38. The first-order valence-corrected chi connectivity index (χ1v) is 9.93. The number of aromatic nitrogens is 1. The molecule has 1 aliphatic rings. The standard InChI is InChI=1S/C21H31N5O2/c1-18(16-27-17-19-6-4-3-5-7-19)14-23-21(22-2)26-11-9-25(10-12-26)15-20-8-13-28-24-20/h3-8,13,18H,9-12,14-17H2,1-2H3,(H,22,23). The molecule has 1 fully saturated rings. The maximum atomic E-state index is 5.84. The van der Waals surface area contributed by atoms with Gasteiger partial charge in [0, 0.05) is 52.4 Å². The molecule has 0 amide bonds. The van der Waals surface area contributed by atoms with Crippen molar-refractivity contribution in [2.24, 2.45) is 10.9 Å². The summed E-state index contributed by atoms with van der Waals surface area (Å²) in [6.07, 6.45) is 1.63. The van der Waals surface area contributed by atoms with E-state index in [1.165, 1.54) is 5.56 Å². The largest absolute Gasteiger partial charge is 0.376 e. The lowest BCUT2D eigenvalue weighted by atomic mass is 10.2. The molecule has 28 heavy (non-hydrogen) atoms. The zero-order chi connectivity index (χ0) is 19.6. The summed E-state index contributed by atoms with van der Waals surface area (Å²) in [5, 5.41) is 7.49. The Morgan fingerprint density at radius 2 is 2.00 bits per heavy atom. The third kappa shape index (κ3) is 6.35. The van der Waals surface area contributed by atoms with Gasteiger partial charge in [-0.15, -0.1) is 0 Å². The van der Waals surface area contributed by atoms with Crippen LogP contribution < -0.4 is 5.32 Å². The molecule has 0 radical (unpaired) electrons. The summed E-state index contributed by atoms with van der Waals surface area (Å²) in [6, 6.07) is 12.2. The Labute approximate surface area is 167 Å². The Bertz CT molecular complexity index is 697. The molecule has 2 aromatic rings.